The minimum atomic E-state index is -1.26. The van der Waals surface area contributed by atoms with Gasteiger partial charge >= 0.3 is 5.97 Å². The number of nitrogens with one attached hydrogen (secondary N) is 1. The lowest BCUT2D eigenvalue weighted by Crippen LogP contribution is -2.30. The first-order chi connectivity index (χ1) is 9.97. The van der Waals surface area contributed by atoms with E-state index in [1.54, 1.807) is 24.3 Å². The standard InChI is InChI=1S/C14H11BrN2O4/c15-9-4-6-10(7-5-9)16-12(18)8-17-11(14(20)21)2-1-3-13(17)19/h1-7H,8H2,(H,16,18)(H,20,21). The summed E-state index contributed by atoms with van der Waals surface area (Å²) in [4.78, 5) is 34.7. The van der Waals surface area contributed by atoms with Gasteiger partial charge in [-0.2, -0.15) is 0 Å². The van der Waals surface area contributed by atoms with E-state index in [0.29, 0.717) is 5.69 Å². The number of carboxylic acid groups (broad SMARTS) is 1. The van der Waals surface area contributed by atoms with Gasteiger partial charge in [0, 0.05) is 16.2 Å². The first-order valence-electron chi connectivity index (χ1n) is 5.96. The second-order valence-electron chi connectivity index (χ2n) is 4.20. The molecular formula is C14H11BrN2O4. The van der Waals surface area contributed by atoms with E-state index in [-0.39, 0.29) is 12.2 Å². The number of carboxylic acids is 1. The lowest BCUT2D eigenvalue weighted by atomic mass is 10.3. The van der Waals surface area contributed by atoms with E-state index in [9.17, 15) is 14.4 Å². The number of anilines is 1. The van der Waals surface area contributed by atoms with Gasteiger partial charge in [0.2, 0.25) is 5.91 Å². The van der Waals surface area contributed by atoms with Crippen molar-refractivity contribution in [3.63, 3.8) is 0 Å². The maximum Gasteiger partial charge on any atom is 0.352 e. The van der Waals surface area contributed by atoms with E-state index in [4.69, 9.17) is 5.11 Å². The molecule has 2 aromatic rings. The van der Waals surface area contributed by atoms with E-state index in [0.717, 1.165) is 9.04 Å². The second-order valence-corrected chi connectivity index (χ2v) is 5.11. The molecule has 6 nitrogen and oxygen atoms in total. The third-order valence-electron chi connectivity index (χ3n) is 2.70. The molecule has 2 N–H and O–H groups in total. The summed E-state index contributed by atoms with van der Waals surface area (Å²) in [6, 6.07) is 10.7. The van der Waals surface area contributed by atoms with Crippen LogP contribution in [0, 0.1) is 0 Å². The number of hydrogen-bond donors (Lipinski definition) is 2. The fourth-order valence-corrected chi connectivity index (χ4v) is 2.01. The molecule has 1 heterocycles. The Kier molecular flexibility index (Phi) is 4.54. The molecule has 0 unspecified atom stereocenters. The smallest absolute Gasteiger partial charge is 0.352 e. The van der Waals surface area contributed by atoms with Crippen LogP contribution in [0.3, 0.4) is 0 Å². The summed E-state index contributed by atoms with van der Waals surface area (Å²) in [6.45, 7) is -0.364. The molecule has 0 bridgehead atoms. The SMILES string of the molecule is O=C(Cn1c(C(=O)O)cccc1=O)Nc1ccc(Br)cc1. The Hall–Kier alpha value is -2.41. The molecule has 2 rings (SSSR count). The van der Waals surface area contributed by atoms with Crippen molar-refractivity contribution in [2.45, 2.75) is 6.54 Å². The van der Waals surface area contributed by atoms with Crippen LogP contribution in [-0.4, -0.2) is 21.6 Å². The molecule has 1 amide bonds. The molecule has 21 heavy (non-hydrogen) atoms. The molecule has 0 saturated carbocycles. The molecular weight excluding hydrogens is 340 g/mol. The molecule has 0 aliphatic rings. The third kappa shape index (κ3) is 3.79. The van der Waals surface area contributed by atoms with Crippen molar-refractivity contribution in [2.75, 3.05) is 5.32 Å². The Morgan fingerprint density at radius 2 is 1.81 bits per heavy atom. The zero-order valence-corrected chi connectivity index (χ0v) is 12.3. The topological polar surface area (TPSA) is 88.4 Å². The van der Waals surface area contributed by atoms with Crippen molar-refractivity contribution in [3.8, 4) is 0 Å². The second kappa shape index (κ2) is 6.36. The predicted octanol–water partition coefficient (Wildman–Crippen LogP) is 1.95. The summed E-state index contributed by atoms with van der Waals surface area (Å²) in [5.74, 6) is -1.74. The number of aromatic carboxylic acids is 1. The average Bonchev–Trinajstić information content (AvgIpc) is 2.43. The highest BCUT2D eigenvalue weighted by atomic mass is 79.9. The fourth-order valence-electron chi connectivity index (χ4n) is 1.75. The van der Waals surface area contributed by atoms with E-state index in [1.807, 2.05) is 0 Å². The van der Waals surface area contributed by atoms with E-state index in [1.165, 1.54) is 18.2 Å². The molecule has 0 radical (unpaired) electrons. The highest BCUT2D eigenvalue weighted by Gasteiger charge is 2.13. The Morgan fingerprint density at radius 1 is 1.14 bits per heavy atom. The largest absolute Gasteiger partial charge is 0.477 e. The highest BCUT2D eigenvalue weighted by molar-refractivity contribution is 9.10. The summed E-state index contributed by atoms with van der Waals surface area (Å²) >= 11 is 3.28. The van der Waals surface area contributed by atoms with Gasteiger partial charge in [-0.15, -0.1) is 0 Å². The van der Waals surface area contributed by atoms with Gasteiger partial charge in [-0.05, 0) is 30.3 Å². The van der Waals surface area contributed by atoms with Gasteiger partial charge in [0.1, 0.15) is 12.2 Å². The summed E-state index contributed by atoms with van der Waals surface area (Å²) in [5.41, 5.74) is -0.210. The van der Waals surface area contributed by atoms with Crippen LogP contribution in [-0.2, 0) is 11.3 Å². The summed E-state index contributed by atoms with van der Waals surface area (Å²) < 4.78 is 1.78. The summed E-state index contributed by atoms with van der Waals surface area (Å²) in [7, 11) is 0. The van der Waals surface area contributed by atoms with Crippen LogP contribution in [0.1, 0.15) is 10.5 Å². The average molecular weight is 351 g/mol. The highest BCUT2D eigenvalue weighted by Crippen LogP contribution is 2.14. The predicted molar refractivity (Wildman–Crippen MR) is 80.4 cm³/mol. The number of halogens is 1. The number of pyridine rings is 1. The number of hydrogen-bond acceptors (Lipinski definition) is 3. The molecule has 7 heteroatoms. The summed E-state index contributed by atoms with van der Waals surface area (Å²) in [5, 5.41) is 11.6. The van der Waals surface area contributed by atoms with Crippen LogP contribution >= 0.6 is 15.9 Å². The van der Waals surface area contributed by atoms with E-state index >= 15 is 0 Å². The number of carbonyl (C=O) groups is 2. The van der Waals surface area contributed by atoms with Gasteiger partial charge in [-0.25, -0.2) is 4.79 Å². The van der Waals surface area contributed by atoms with Crippen LogP contribution in [0.4, 0.5) is 5.69 Å². The van der Waals surface area contributed by atoms with Crippen LogP contribution < -0.4 is 10.9 Å². The van der Waals surface area contributed by atoms with Crippen molar-refractivity contribution in [3.05, 3.63) is 63.0 Å². The molecule has 0 fully saturated rings. The zero-order valence-electron chi connectivity index (χ0n) is 10.7. The first kappa shape index (κ1) is 15.0. The first-order valence-corrected chi connectivity index (χ1v) is 6.75. The van der Waals surface area contributed by atoms with Crippen LogP contribution in [0.15, 0.2) is 51.7 Å². The maximum atomic E-state index is 11.9. The van der Waals surface area contributed by atoms with Crippen molar-refractivity contribution in [1.82, 2.24) is 4.57 Å². The monoisotopic (exact) mass is 350 g/mol. The Bertz CT molecular complexity index is 737. The lowest BCUT2D eigenvalue weighted by Gasteiger charge is -2.10. The number of carbonyl (C=O) groups excluding carboxylic acids is 1. The van der Waals surface area contributed by atoms with E-state index in [2.05, 4.69) is 21.2 Å². The molecule has 0 spiro atoms. The van der Waals surface area contributed by atoms with Crippen molar-refractivity contribution < 1.29 is 14.7 Å². The zero-order chi connectivity index (χ0) is 15.4. The molecule has 0 saturated heterocycles. The molecule has 1 aromatic heterocycles. The minimum absolute atomic E-state index is 0.228. The molecule has 108 valence electrons. The van der Waals surface area contributed by atoms with Crippen LogP contribution in [0.25, 0.3) is 0 Å². The van der Waals surface area contributed by atoms with Crippen molar-refractivity contribution in [1.29, 1.82) is 0 Å². The van der Waals surface area contributed by atoms with Crippen LogP contribution in [0.2, 0.25) is 0 Å². The number of nitrogens with zero attached hydrogens (tertiary/aromatic N) is 1. The van der Waals surface area contributed by atoms with Gasteiger partial charge in [-0.1, -0.05) is 22.0 Å². The van der Waals surface area contributed by atoms with Gasteiger partial charge in [0.05, 0.1) is 0 Å². The number of benzene rings is 1. The number of rotatable bonds is 4. The fraction of sp³-hybridized carbons (Fsp3) is 0.0714. The van der Waals surface area contributed by atoms with Crippen molar-refractivity contribution >= 4 is 33.5 Å². The minimum Gasteiger partial charge on any atom is -0.477 e. The van der Waals surface area contributed by atoms with Gasteiger partial charge in [0.25, 0.3) is 5.56 Å². The lowest BCUT2D eigenvalue weighted by molar-refractivity contribution is -0.116. The molecule has 0 atom stereocenters. The number of amides is 1. The molecule has 0 aliphatic heterocycles. The van der Waals surface area contributed by atoms with Crippen molar-refractivity contribution in [2.24, 2.45) is 0 Å². The number of aromatic nitrogens is 1. The van der Waals surface area contributed by atoms with Gasteiger partial charge in [0.15, 0.2) is 0 Å². The third-order valence-corrected chi connectivity index (χ3v) is 3.23. The molecule has 0 aliphatic carbocycles. The van der Waals surface area contributed by atoms with E-state index < -0.39 is 17.4 Å². The van der Waals surface area contributed by atoms with Crippen LogP contribution in [0.5, 0.6) is 0 Å². The van der Waals surface area contributed by atoms with Gasteiger partial charge < -0.3 is 10.4 Å². The Labute approximate surface area is 128 Å². The van der Waals surface area contributed by atoms with Gasteiger partial charge in [-0.3, -0.25) is 14.2 Å². The molecule has 1 aromatic carbocycles. The Balaban J connectivity index is 2.18. The Morgan fingerprint density at radius 3 is 2.43 bits per heavy atom. The maximum absolute atomic E-state index is 11.9. The quantitative estimate of drug-likeness (QED) is 0.881. The normalized spacial score (nSPS) is 10.1. The summed E-state index contributed by atoms with van der Waals surface area (Å²) in [6.07, 6.45) is 0.